The fourth-order valence-electron chi connectivity index (χ4n) is 4.32. The van der Waals surface area contributed by atoms with Crippen molar-refractivity contribution in [1.82, 2.24) is 0 Å². The number of anilines is 2. The van der Waals surface area contributed by atoms with Gasteiger partial charge in [0.25, 0.3) is 5.91 Å². The van der Waals surface area contributed by atoms with Crippen molar-refractivity contribution in [2.75, 3.05) is 49.8 Å². The largest absolute Gasteiger partial charge is 0.495 e. The number of methoxy groups -OCH3 is 1. The van der Waals surface area contributed by atoms with Crippen molar-refractivity contribution < 1.29 is 19.0 Å². The summed E-state index contributed by atoms with van der Waals surface area (Å²) in [7, 11) is 1.67. The van der Waals surface area contributed by atoms with E-state index in [2.05, 4.69) is 17.0 Å². The summed E-state index contributed by atoms with van der Waals surface area (Å²) < 4.78 is 17.1. The summed E-state index contributed by atoms with van der Waals surface area (Å²) in [6.45, 7) is 3.76. The molecule has 0 radical (unpaired) electrons. The fourth-order valence-corrected chi connectivity index (χ4v) is 4.32. The predicted octanol–water partition coefficient (Wildman–Crippen LogP) is 3.59. The summed E-state index contributed by atoms with van der Waals surface area (Å²) in [6.07, 6.45) is 2.80. The number of carbonyl (C=O) groups excluding carboxylic acids is 1. The van der Waals surface area contributed by atoms with Gasteiger partial charge >= 0.3 is 0 Å². The van der Waals surface area contributed by atoms with Crippen LogP contribution in [0.15, 0.2) is 42.5 Å². The number of nitrogens with zero attached hydrogens (tertiary/aromatic N) is 2. The Balaban J connectivity index is 1.28. The average molecular weight is 408 g/mol. The molecule has 0 aromatic heterocycles. The SMILES string of the molecule is COc1cc(N2CC[C@@H](Oc3ccc(C4CC4)cc3)C2=O)ccc1N1CCOCC1. The Labute approximate surface area is 177 Å². The van der Waals surface area contributed by atoms with E-state index in [0.717, 1.165) is 55.1 Å². The molecule has 2 aromatic carbocycles. The molecule has 5 rings (SSSR count). The molecule has 0 unspecified atom stereocenters. The Morgan fingerprint density at radius 1 is 0.967 bits per heavy atom. The second-order valence-electron chi connectivity index (χ2n) is 8.18. The number of benzene rings is 2. The van der Waals surface area contributed by atoms with E-state index in [-0.39, 0.29) is 5.91 Å². The molecule has 6 heteroatoms. The lowest BCUT2D eigenvalue weighted by atomic mass is 10.1. The van der Waals surface area contributed by atoms with Crippen molar-refractivity contribution >= 4 is 17.3 Å². The van der Waals surface area contributed by atoms with Crippen LogP contribution in [0.2, 0.25) is 0 Å². The lowest BCUT2D eigenvalue weighted by Crippen LogP contribution is -2.36. The van der Waals surface area contributed by atoms with E-state index >= 15 is 0 Å². The monoisotopic (exact) mass is 408 g/mol. The van der Waals surface area contributed by atoms with Gasteiger partial charge in [-0.15, -0.1) is 0 Å². The van der Waals surface area contributed by atoms with Gasteiger partial charge in [0.2, 0.25) is 0 Å². The van der Waals surface area contributed by atoms with E-state index in [0.29, 0.717) is 13.0 Å². The summed E-state index contributed by atoms with van der Waals surface area (Å²) >= 11 is 0. The Kier molecular flexibility index (Phi) is 5.25. The third-order valence-corrected chi connectivity index (χ3v) is 6.19. The second kappa shape index (κ2) is 8.19. The second-order valence-corrected chi connectivity index (χ2v) is 8.18. The average Bonchev–Trinajstić information content (AvgIpc) is 3.59. The molecule has 2 aliphatic heterocycles. The van der Waals surface area contributed by atoms with Crippen LogP contribution in [0.25, 0.3) is 0 Å². The van der Waals surface area contributed by atoms with Crippen LogP contribution in [-0.2, 0) is 9.53 Å². The van der Waals surface area contributed by atoms with Gasteiger partial charge in [0.15, 0.2) is 6.10 Å². The first kappa shape index (κ1) is 19.2. The fraction of sp³-hybridized carbons (Fsp3) is 0.458. The quantitative estimate of drug-likeness (QED) is 0.731. The molecule has 2 saturated heterocycles. The Hall–Kier alpha value is -2.73. The van der Waals surface area contributed by atoms with Crippen LogP contribution in [-0.4, -0.2) is 52.0 Å². The van der Waals surface area contributed by atoms with E-state index in [4.69, 9.17) is 14.2 Å². The van der Waals surface area contributed by atoms with Gasteiger partial charge in [0.05, 0.1) is 26.0 Å². The standard InChI is InChI=1S/C24H28N2O4/c1-28-23-16-19(6-9-21(23)25-12-14-29-15-13-25)26-11-10-22(24(26)27)30-20-7-4-18(5-8-20)17-2-3-17/h4-9,16-17,22H,2-3,10-15H2,1H3/t22-/m1/s1. The zero-order valence-corrected chi connectivity index (χ0v) is 17.4. The number of hydrogen-bond acceptors (Lipinski definition) is 5. The Morgan fingerprint density at radius 2 is 1.73 bits per heavy atom. The molecule has 0 bridgehead atoms. The summed E-state index contributed by atoms with van der Waals surface area (Å²) in [5, 5.41) is 0. The maximum absolute atomic E-state index is 13.0. The molecule has 1 amide bonds. The summed E-state index contributed by atoms with van der Waals surface area (Å²) in [6, 6.07) is 14.2. The summed E-state index contributed by atoms with van der Waals surface area (Å²) in [5.41, 5.74) is 3.26. The Bertz CT molecular complexity index is 904. The van der Waals surface area contributed by atoms with Gasteiger partial charge in [0.1, 0.15) is 11.5 Å². The molecule has 30 heavy (non-hydrogen) atoms. The minimum atomic E-state index is -0.443. The van der Waals surface area contributed by atoms with Crippen LogP contribution in [0, 0.1) is 0 Å². The zero-order chi connectivity index (χ0) is 20.5. The highest BCUT2D eigenvalue weighted by molar-refractivity contribution is 5.99. The number of amides is 1. The highest BCUT2D eigenvalue weighted by atomic mass is 16.5. The molecular weight excluding hydrogens is 380 g/mol. The van der Waals surface area contributed by atoms with Crippen molar-refractivity contribution in [3.8, 4) is 11.5 Å². The summed E-state index contributed by atoms with van der Waals surface area (Å²) in [4.78, 5) is 17.1. The molecule has 158 valence electrons. The van der Waals surface area contributed by atoms with Gasteiger partial charge in [-0.05, 0) is 48.6 Å². The molecule has 1 atom stereocenters. The number of rotatable bonds is 6. The highest BCUT2D eigenvalue weighted by Crippen LogP contribution is 2.40. The van der Waals surface area contributed by atoms with Crippen LogP contribution < -0.4 is 19.3 Å². The minimum Gasteiger partial charge on any atom is -0.495 e. The molecular formula is C24H28N2O4. The zero-order valence-electron chi connectivity index (χ0n) is 17.4. The number of hydrogen-bond donors (Lipinski definition) is 0. The summed E-state index contributed by atoms with van der Waals surface area (Å²) in [5.74, 6) is 2.27. The van der Waals surface area contributed by atoms with Crippen LogP contribution in [0.3, 0.4) is 0 Å². The van der Waals surface area contributed by atoms with Gasteiger partial charge in [0, 0.05) is 37.8 Å². The van der Waals surface area contributed by atoms with Crippen LogP contribution in [0.1, 0.15) is 30.7 Å². The third kappa shape index (κ3) is 3.84. The van der Waals surface area contributed by atoms with Gasteiger partial charge in [-0.3, -0.25) is 4.79 Å². The molecule has 1 saturated carbocycles. The first-order valence-electron chi connectivity index (χ1n) is 10.8. The smallest absolute Gasteiger partial charge is 0.268 e. The van der Waals surface area contributed by atoms with E-state index in [9.17, 15) is 4.79 Å². The topological polar surface area (TPSA) is 51.2 Å². The van der Waals surface area contributed by atoms with E-state index in [1.165, 1.54) is 18.4 Å². The van der Waals surface area contributed by atoms with Crippen LogP contribution in [0.4, 0.5) is 11.4 Å². The van der Waals surface area contributed by atoms with E-state index in [1.54, 1.807) is 12.0 Å². The molecule has 0 N–H and O–H groups in total. The van der Waals surface area contributed by atoms with Crippen LogP contribution in [0.5, 0.6) is 11.5 Å². The van der Waals surface area contributed by atoms with Crippen molar-refractivity contribution in [3.63, 3.8) is 0 Å². The first-order chi connectivity index (χ1) is 14.7. The lowest BCUT2D eigenvalue weighted by Gasteiger charge is -2.30. The highest BCUT2D eigenvalue weighted by Gasteiger charge is 2.35. The number of ether oxygens (including phenoxy) is 3. The van der Waals surface area contributed by atoms with Crippen molar-refractivity contribution in [2.24, 2.45) is 0 Å². The molecule has 6 nitrogen and oxygen atoms in total. The normalized spacial score (nSPS) is 21.8. The molecule has 2 aromatic rings. The van der Waals surface area contributed by atoms with Gasteiger partial charge < -0.3 is 24.0 Å². The predicted molar refractivity (Wildman–Crippen MR) is 116 cm³/mol. The van der Waals surface area contributed by atoms with Crippen molar-refractivity contribution in [3.05, 3.63) is 48.0 Å². The first-order valence-corrected chi connectivity index (χ1v) is 10.8. The van der Waals surface area contributed by atoms with Crippen LogP contribution >= 0.6 is 0 Å². The number of carbonyl (C=O) groups is 1. The number of morpholine rings is 1. The Morgan fingerprint density at radius 3 is 2.43 bits per heavy atom. The van der Waals surface area contributed by atoms with E-state index < -0.39 is 6.10 Å². The third-order valence-electron chi connectivity index (χ3n) is 6.19. The minimum absolute atomic E-state index is 0.00226. The van der Waals surface area contributed by atoms with Gasteiger partial charge in [-0.1, -0.05) is 12.1 Å². The lowest BCUT2D eigenvalue weighted by molar-refractivity contribution is -0.122. The molecule has 0 spiro atoms. The molecule has 1 aliphatic carbocycles. The van der Waals surface area contributed by atoms with E-state index in [1.807, 2.05) is 30.3 Å². The molecule has 3 aliphatic rings. The molecule has 2 heterocycles. The van der Waals surface area contributed by atoms with Gasteiger partial charge in [-0.2, -0.15) is 0 Å². The maximum atomic E-state index is 13.0. The van der Waals surface area contributed by atoms with Crippen molar-refractivity contribution in [1.29, 1.82) is 0 Å². The maximum Gasteiger partial charge on any atom is 0.268 e. The van der Waals surface area contributed by atoms with Crippen molar-refractivity contribution in [2.45, 2.75) is 31.3 Å². The molecule has 3 fully saturated rings. The van der Waals surface area contributed by atoms with Gasteiger partial charge in [-0.25, -0.2) is 0 Å².